The fraction of sp³-hybridized carbons (Fsp3) is 0.292. The van der Waals surface area contributed by atoms with Gasteiger partial charge in [0, 0.05) is 30.7 Å². The Balaban J connectivity index is 1.35. The van der Waals surface area contributed by atoms with Gasteiger partial charge in [0.2, 0.25) is 5.91 Å². The number of carbonyl (C=O) groups is 2. The molecular weight excluding hydrogens is 422 g/mol. The number of ether oxygens (including phenoxy) is 2. The Kier molecular flexibility index (Phi) is 7.01. The van der Waals surface area contributed by atoms with Crippen molar-refractivity contribution in [2.24, 2.45) is 0 Å². The second-order valence-corrected chi connectivity index (χ2v) is 7.79. The third kappa shape index (κ3) is 5.76. The van der Waals surface area contributed by atoms with Gasteiger partial charge >= 0.3 is 0 Å². The minimum Gasteiger partial charge on any atom is -0.494 e. The van der Waals surface area contributed by atoms with E-state index in [2.05, 4.69) is 20.6 Å². The van der Waals surface area contributed by atoms with E-state index in [9.17, 15) is 9.59 Å². The van der Waals surface area contributed by atoms with Crippen molar-refractivity contribution in [1.29, 1.82) is 0 Å². The van der Waals surface area contributed by atoms with Crippen molar-refractivity contribution in [1.82, 2.24) is 14.7 Å². The Labute approximate surface area is 192 Å². The van der Waals surface area contributed by atoms with E-state index in [1.54, 1.807) is 48.3 Å². The fourth-order valence-electron chi connectivity index (χ4n) is 3.55. The Hall–Kier alpha value is -3.69. The van der Waals surface area contributed by atoms with Crippen molar-refractivity contribution < 1.29 is 19.1 Å². The average molecular weight is 450 g/mol. The molecule has 1 aromatic heterocycles. The molecule has 2 heterocycles. The fourth-order valence-corrected chi connectivity index (χ4v) is 3.55. The monoisotopic (exact) mass is 449 g/mol. The molecule has 9 nitrogen and oxygen atoms in total. The maximum atomic E-state index is 12.7. The highest BCUT2D eigenvalue weighted by Crippen LogP contribution is 2.23. The van der Waals surface area contributed by atoms with Crippen LogP contribution in [0.15, 0.2) is 54.7 Å². The van der Waals surface area contributed by atoms with Gasteiger partial charge in [0.05, 0.1) is 26.9 Å². The lowest BCUT2D eigenvalue weighted by molar-refractivity contribution is -0.118. The molecule has 0 atom stereocenters. The minimum atomic E-state index is -0.329. The summed E-state index contributed by atoms with van der Waals surface area (Å²) in [4.78, 5) is 26.9. The van der Waals surface area contributed by atoms with Gasteiger partial charge in [0.1, 0.15) is 11.4 Å². The Morgan fingerprint density at radius 2 is 1.73 bits per heavy atom. The number of rotatable bonds is 7. The first-order chi connectivity index (χ1) is 16.0. The number of amides is 2. The van der Waals surface area contributed by atoms with Crippen molar-refractivity contribution in [3.05, 3.63) is 66.0 Å². The van der Waals surface area contributed by atoms with Crippen LogP contribution in [0.2, 0.25) is 0 Å². The molecular formula is C24H27N5O4. The number of hydrogen-bond donors (Lipinski definition) is 2. The average Bonchev–Trinajstić information content (AvgIpc) is 3.31. The van der Waals surface area contributed by atoms with Crippen molar-refractivity contribution in [2.45, 2.75) is 6.92 Å². The number of anilines is 2. The lowest BCUT2D eigenvalue weighted by atomic mass is 10.2. The SMILES string of the molecule is COc1ccc(C)cc1-n1ccc(C(=O)Nc2ccc(NC(=O)CN3CCOCC3)cc2)n1. The summed E-state index contributed by atoms with van der Waals surface area (Å²) < 4.78 is 12.3. The van der Waals surface area contributed by atoms with Crippen molar-refractivity contribution in [3.8, 4) is 11.4 Å². The number of benzene rings is 2. The summed E-state index contributed by atoms with van der Waals surface area (Å²) in [5, 5.41) is 10.1. The van der Waals surface area contributed by atoms with Gasteiger partial charge in [-0.05, 0) is 55.0 Å². The molecule has 0 aliphatic carbocycles. The smallest absolute Gasteiger partial charge is 0.276 e. The van der Waals surface area contributed by atoms with Gasteiger partial charge in [-0.3, -0.25) is 14.5 Å². The van der Waals surface area contributed by atoms with Crippen LogP contribution >= 0.6 is 0 Å². The van der Waals surface area contributed by atoms with Gasteiger partial charge in [-0.2, -0.15) is 5.10 Å². The van der Waals surface area contributed by atoms with E-state index in [-0.39, 0.29) is 17.5 Å². The zero-order valence-electron chi connectivity index (χ0n) is 18.7. The van der Waals surface area contributed by atoms with Gasteiger partial charge in [-0.15, -0.1) is 0 Å². The van der Waals surface area contributed by atoms with Crippen molar-refractivity contribution >= 4 is 23.2 Å². The van der Waals surface area contributed by atoms with Crippen LogP contribution in [-0.4, -0.2) is 66.5 Å². The van der Waals surface area contributed by atoms with E-state index in [0.29, 0.717) is 36.9 Å². The molecule has 0 spiro atoms. The summed E-state index contributed by atoms with van der Waals surface area (Å²) in [6.07, 6.45) is 1.72. The van der Waals surface area contributed by atoms with E-state index >= 15 is 0 Å². The summed E-state index contributed by atoms with van der Waals surface area (Å²) in [6.45, 7) is 5.12. The molecule has 0 saturated carbocycles. The largest absolute Gasteiger partial charge is 0.494 e. The number of hydrogen-bond acceptors (Lipinski definition) is 6. The maximum absolute atomic E-state index is 12.7. The highest BCUT2D eigenvalue weighted by atomic mass is 16.5. The molecule has 1 saturated heterocycles. The van der Waals surface area contributed by atoms with Crippen molar-refractivity contribution in [2.75, 3.05) is 50.6 Å². The number of methoxy groups -OCH3 is 1. The zero-order chi connectivity index (χ0) is 23.2. The molecule has 2 aromatic carbocycles. The summed E-state index contributed by atoms with van der Waals surface area (Å²) in [5.41, 5.74) is 3.37. The standard InChI is InChI=1S/C24H27N5O4/c1-17-3-8-22(32-2)21(15-17)29-10-9-20(27-29)24(31)26-19-6-4-18(5-7-19)25-23(30)16-28-11-13-33-14-12-28/h3-10,15H,11-14,16H2,1-2H3,(H,25,30)(H,26,31). The van der Waals surface area contributed by atoms with Gasteiger partial charge in [-0.1, -0.05) is 6.07 Å². The minimum absolute atomic E-state index is 0.0780. The summed E-state index contributed by atoms with van der Waals surface area (Å²) in [5.74, 6) is 0.261. The number of nitrogens with zero attached hydrogens (tertiary/aromatic N) is 3. The predicted molar refractivity (Wildman–Crippen MR) is 125 cm³/mol. The molecule has 2 amide bonds. The molecule has 2 N–H and O–H groups in total. The Bertz CT molecular complexity index is 1120. The predicted octanol–water partition coefficient (Wildman–Crippen LogP) is 2.71. The van der Waals surface area contributed by atoms with E-state index < -0.39 is 0 Å². The van der Waals surface area contributed by atoms with E-state index in [0.717, 1.165) is 24.3 Å². The highest BCUT2D eigenvalue weighted by molar-refractivity contribution is 6.03. The van der Waals surface area contributed by atoms with Crippen LogP contribution in [0.25, 0.3) is 5.69 Å². The maximum Gasteiger partial charge on any atom is 0.276 e. The van der Waals surface area contributed by atoms with Gasteiger partial charge in [0.25, 0.3) is 5.91 Å². The first kappa shape index (κ1) is 22.5. The zero-order valence-corrected chi connectivity index (χ0v) is 18.7. The van der Waals surface area contributed by atoms with Crippen LogP contribution in [-0.2, 0) is 9.53 Å². The van der Waals surface area contributed by atoms with Crippen LogP contribution in [0, 0.1) is 6.92 Å². The third-order valence-corrected chi connectivity index (χ3v) is 5.30. The number of carbonyl (C=O) groups excluding carboxylic acids is 2. The van der Waals surface area contributed by atoms with Crippen LogP contribution in [0.4, 0.5) is 11.4 Å². The molecule has 3 aromatic rings. The lowest BCUT2D eigenvalue weighted by Gasteiger charge is -2.25. The summed E-state index contributed by atoms with van der Waals surface area (Å²) >= 11 is 0. The van der Waals surface area contributed by atoms with Crippen LogP contribution in [0.1, 0.15) is 16.1 Å². The molecule has 0 bridgehead atoms. The molecule has 172 valence electrons. The number of aromatic nitrogens is 2. The van der Waals surface area contributed by atoms with E-state index in [1.807, 2.05) is 25.1 Å². The first-order valence-corrected chi connectivity index (χ1v) is 10.7. The normalized spacial score (nSPS) is 14.0. The molecule has 9 heteroatoms. The third-order valence-electron chi connectivity index (χ3n) is 5.30. The van der Waals surface area contributed by atoms with Gasteiger partial charge in [-0.25, -0.2) is 4.68 Å². The number of aryl methyl sites for hydroxylation is 1. The van der Waals surface area contributed by atoms with Crippen LogP contribution in [0.5, 0.6) is 5.75 Å². The van der Waals surface area contributed by atoms with Crippen LogP contribution < -0.4 is 15.4 Å². The number of nitrogens with one attached hydrogen (secondary N) is 2. The van der Waals surface area contributed by atoms with Crippen molar-refractivity contribution in [3.63, 3.8) is 0 Å². The second-order valence-electron chi connectivity index (χ2n) is 7.79. The molecule has 1 fully saturated rings. The molecule has 33 heavy (non-hydrogen) atoms. The highest BCUT2D eigenvalue weighted by Gasteiger charge is 2.15. The van der Waals surface area contributed by atoms with Crippen LogP contribution in [0.3, 0.4) is 0 Å². The molecule has 1 aliphatic heterocycles. The Morgan fingerprint density at radius 1 is 1.03 bits per heavy atom. The van der Waals surface area contributed by atoms with Gasteiger partial charge < -0.3 is 20.1 Å². The molecule has 0 unspecified atom stereocenters. The quantitative estimate of drug-likeness (QED) is 0.576. The topological polar surface area (TPSA) is 97.7 Å². The summed E-state index contributed by atoms with van der Waals surface area (Å²) in [7, 11) is 1.60. The second kappa shape index (κ2) is 10.3. The molecule has 4 rings (SSSR count). The molecule has 0 radical (unpaired) electrons. The molecule has 1 aliphatic rings. The summed E-state index contributed by atoms with van der Waals surface area (Å²) in [6, 6.07) is 14.4. The van der Waals surface area contributed by atoms with Gasteiger partial charge in [0.15, 0.2) is 5.69 Å². The van der Waals surface area contributed by atoms with E-state index in [1.165, 1.54) is 0 Å². The number of morpholine rings is 1. The first-order valence-electron chi connectivity index (χ1n) is 10.7. The lowest BCUT2D eigenvalue weighted by Crippen LogP contribution is -2.41. The van der Waals surface area contributed by atoms with E-state index in [4.69, 9.17) is 9.47 Å². The Morgan fingerprint density at radius 3 is 2.42 bits per heavy atom.